The van der Waals surface area contributed by atoms with Gasteiger partial charge in [-0.3, -0.25) is 14.7 Å². The zero-order valence-corrected chi connectivity index (χ0v) is 15.3. The van der Waals surface area contributed by atoms with Gasteiger partial charge in [0.1, 0.15) is 0 Å². The lowest BCUT2D eigenvalue weighted by Crippen LogP contribution is -2.44. The average molecular weight is 342 g/mol. The van der Waals surface area contributed by atoms with Crippen LogP contribution in [0.1, 0.15) is 39.0 Å². The lowest BCUT2D eigenvalue weighted by Gasteiger charge is -2.26. The minimum absolute atomic E-state index is 0.0829. The summed E-state index contributed by atoms with van der Waals surface area (Å²) in [5.41, 5.74) is 0. The first kappa shape index (κ1) is 20.7. The molecule has 0 saturated carbocycles. The number of rotatable bonds is 11. The van der Waals surface area contributed by atoms with Gasteiger partial charge in [-0.1, -0.05) is 12.8 Å². The van der Waals surface area contributed by atoms with Crippen LogP contribution >= 0.6 is 0 Å². The van der Waals surface area contributed by atoms with Crippen LogP contribution in [0.4, 0.5) is 0 Å². The first-order chi connectivity index (χ1) is 11.8. The van der Waals surface area contributed by atoms with E-state index in [4.69, 9.17) is 9.47 Å². The highest BCUT2D eigenvalue weighted by Crippen LogP contribution is 2.03. The molecule has 1 fully saturated rings. The molecule has 1 saturated heterocycles. The molecule has 1 rings (SSSR count). The lowest BCUT2D eigenvalue weighted by atomic mass is 10.1. The number of carbonyl (C=O) groups is 1. The number of morpholine rings is 1. The Bertz CT molecular complexity index is 358. The van der Waals surface area contributed by atoms with E-state index in [-0.39, 0.29) is 5.97 Å². The fourth-order valence-corrected chi connectivity index (χ4v) is 2.57. The molecular weight excluding hydrogens is 308 g/mol. The number of nitrogens with one attached hydrogen (secondary N) is 2. The number of aliphatic imine (C=N–C) groups is 1. The van der Waals surface area contributed by atoms with Crippen molar-refractivity contribution in [2.24, 2.45) is 4.99 Å². The fourth-order valence-electron chi connectivity index (χ4n) is 2.57. The minimum Gasteiger partial charge on any atom is -0.466 e. The molecular formula is C17H34N4O3. The van der Waals surface area contributed by atoms with Crippen molar-refractivity contribution in [1.29, 1.82) is 0 Å². The summed E-state index contributed by atoms with van der Waals surface area (Å²) in [6, 6.07) is 0. The molecule has 140 valence electrons. The topological polar surface area (TPSA) is 75.2 Å². The molecule has 0 aromatic rings. The Morgan fingerprint density at radius 3 is 2.54 bits per heavy atom. The first-order valence-corrected chi connectivity index (χ1v) is 9.16. The molecule has 0 spiro atoms. The molecule has 1 aliphatic rings. The number of hydrogen-bond donors (Lipinski definition) is 2. The molecule has 1 aliphatic heterocycles. The maximum absolute atomic E-state index is 11.2. The minimum atomic E-state index is -0.0829. The van der Waals surface area contributed by atoms with E-state index in [1.165, 1.54) is 0 Å². The number of ether oxygens (including phenoxy) is 2. The molecule has 24 heavy (non-hydrogen) atoms. The summed E-state index contributed by atoms with van der Waals surface area (Å²) < 4.78 is 10.3. The summed E-state index contributed by atoms with van der Waals surface area (Å²) in [6.07, 6.45) is 4.69. The van der Waals surface area contributed by atoms with Gasteiger partial charge in [0, 0.05) is 46.2 Å². The molecule has 0 aliphatic carbocycles. The van der Waals surface area contributed by atoms with Crippen molar-refractivity contribution < 1.29 is 14.3 Å². The second-order valence-corrected chi connectivity index (χ2v) is 5.85. The Labute approximate surface area is 146 Å². The van der Waals surface area contributed by atoms with Gasteiger partial charge in [0.25, 0.3) is 0 Å². The van der Waals surface area contributed by atoms with E-state index in [1.807, 2.05) is 6.92 Å². The van der Waals surface area contributed by atoms with Crippen molar-refractivity contribution in [3.05, 3.63) is 0 Å². The van der Waals surface area contributed by atoms with Crippen LogP contribution in [0.15, 0.2) is 4.99 Å². The third-order valence-corrected chi connectivity index (χ3v) is 3.95. The Hall–Kier alpha value is -1.34. The number of guanidine groups is 1. The zero-order valence-electron chi connectivity index (χ0n) is 15.3. The van der Waals surface area contributed by atoms with Crippen LogP contribution in [0.5, 0.6) is 0 Å². The fraction of sp³-hybridized carbons (Fsp3) is 0.882. The van der Waals surface area contributed by atoms with Gasteiger partial charge in [-0.2, -0.15) is 0 Å². The van der Waals surface area contributed by atoms with Gasteiger partial charge in [0.15, 0.2) is 5.96 Å². The van der Waals surface area contributed by atoms with Crippen molar-refractivity contribution in [2.75, 3.05) is 59.6 Å². The largest absolute Gasteiger partial charge is 0.466 e. The van der Waals surface area contributed by atoms with Gasteiger partial charge in [-0.05, 0) is 19.8 Å². The Kier molecular flexibility index (Phi) is 12.1. The molecule has 7 heteroatoms. The second kappa shape index (κ2) is 14.0. The number of carbonyl (C=O) groups excluding carboxylic acids is 1. The van der Waals surface area contributed by atoms with Crippen molar-refractivity contribution in [1.82, 2.24) is 15.5 Å². The highest BCUT2D eigenvalue weighted by atomic mass is 16.5. The third-order valence-electron chi connectivity index (χ3n) is 3.95. The third kappa shape index (κ3) is 10.4. The maximum Gasteiger partial charge on any atom is 0.305 e. The molecule has 0 unspecified atom stereocenters. The van der Waals surface area contributed by atoms with E-state index in [0.717, 1.165) is 77.6 Å². The summed E-state index contributed by atoms with van der Waals surface area (Å²) >= 11 is 0. The molecule has 0 atom stereocenters. The van der Waals surface area contributed by atoms with Crippen LogP contribution in [-0.2, 0) is 14.3 Å². The number of esters is 1. The van der Waals surface area contributed by atoms with Crippen LogP contribution < -0.4 is 10.6 Å². The van der Waals surface area contributed by atoms with Crippen LogP contribution in [0, 0.1) is 0 Å². The lowest BCUT2D eigenvalue weighted by molar-refractivity contribution is -0.143. The number of nitrogens with zero attached hydrogens (tertiary/aromatic N) is 2. The summed E-state index contributed by atoms with van der Waals surface area (Å²) in [5, 5.41) is 6.67. The van der Waals surface area contributed by atoms with E-state index >= 15 is 0 Å². The molecule has 1 heterocycles. The standard InChI is InChI=1S/C17H34N4O3/c1-3-24-16(22)8-6-4-5-7-9-19-17(18-2)20-10-11-21-12-14-23-15-13-21/h3-15H2,1-2H3,(H2,18,19,20). The van der Waals surface area contributed by atoms with Crippen molar-refractivity contribution >= 4 is 11.9 Å². The molecule has 0 bridgehead atoms. The van der Waals surface area contributed by atoms with Gasteiger partial charge < -0.3 is 20.1 Å². The van der Waals surface area contributed by atoms with Gasteiger partial charge >= 0.3 is 5.97 Å². The predicted molar refractivity (Wildman–Crippen MR) is 96.3 cm³/mol. The van der Waals surface area contributed by atoms with E-state index < -0.39 is 0 Å². The molecule has 2 N–H and O–H groups in total. The van der Waals surface area contributed by atoms with Crippen LogP contribution in [0.3, 0.4) is 0 Å². The molecule has 7 nitrogen and oxygen atoms in total. The van der Waals surface area contributed by atoms with Crippen molar-refractivity contribution in [2.45, 2.75) is 39.0 Å². The van der Waals surface area contributed by atoms with Crippen LogP contribution in [0.2, 0.25) is 0 Å². The number of hydrogen-bond acceptors (Lipinski definition) is 5. The summed E-state index contributed by atoms with van der Waals surface area (Å²) in [7, 11) is 1.80. The summed E-state index contributed by atoms with van der Waals surface area (Å²) in [5.74, 6) is 0.773. The molecule has 0 aromatic heterocycles. The van der Waals surface area contributed by atoms with Gasteiger partial charge in [-0.25, -0.2) is 0 Å². The summed E-state index contributed by atoms with van der Waals surface area (Å²) in [4.78, 5) is 17.8. The Morgan fingerprint density at radius 1 is 1.12 bits per heavy atom. The highest BCUT2D eigenvalue weighted by Gasteiger charge is 2.09. The van der Waals surface area contributed by atoms with E-state index in [1.54, 1.807) is 7.05 Å². The SMILES string of the molecule is CCOC(=O)CCCCCCNC(=NC)NCCN1CCOCC1. The smallest absolute Gasteiger partial charge is 0.305 e. The van der Waals surface area contributed by atoms with Gasteiger partial charge in [0.2, 0.25) is 0 Å². The first-order valence-electron chi connectivity index (χ1n) is 9.16. The van der Waals surface area contributed by atoms with E-state index in [0.29, 0.717) is 13.0 Å². The molecule has 0 aromatic carbocycles. The van der Waals surface area contributed by atoms with Crippen molar-refractivity contribution in [3.63, 3.8) is 0 Å². The number of unbranched alkanes of at least 4 members (excludes halogenated alkanes) is 3. The normalized spacial score (nSPS) is 16.0. The highest BCUT2D eigenvalue weighted by molar-refractivity contribution is 5.79. The summed E-state index contributed by atoms with van der Waals surface area (Å²) in [6.45, 7) is 8.81. The van der Waals surface area contributed by atoms with E-state index in [9.17, 15) is 4.79 Å². The Morgan fingerprint density at radius 2 is 1.83 bits per heavy atom. The second-order valence-electron chi connectivity index (χ2n) is 5.85. The van der Waals surface area contributed by atoms with Crippen molar-refractivity contribution in [3.8, 4) is 0 Å². The average Bonchev–Trinajstić information content (AvgIpc) is 2.60. The van der Waals surface area contributed by atoms with Gasteiger partial charge in [-0.15, -0.1) is 0 Å². The van der Waals surface area contributed by atoms with Crippen LogP contribution in [-0.4, -0.2) is 76.4 Å². The van der Waals surface area contributed by atoms with Crippen LogP contribution in [0.25, 0.3) is 0 Å². The monoisotopic (exact) mass is 342 g/mol. The quantitative estimate of drug-likeness (QED) is 0.252. The van der Waals surface area contributed by atoms with Gasteiger partial charge in [0.05, 0.1) is 19.8 Å². The Balaban J connectivity index is 1.95. The molecule has 0 radical (unpaired) electrons. The zero-order chi connectivity index (χ0) is 17.5. The van der Waals surface area contributed by atoms with E-state index in [2.05, 4.69) is 20.5 Å². The predicted octanol–water partition coefficient (Wildman–Crippen LogP) is 0.997. The molecule has 0 amide bonds. The maximum atomic E-state index is 11.2.